The number of thiocarbonyl (C=S) groups is 1. The highest BCUT2D eigenvalue weighted by Crippen LogP contribution is 2.25. The standard InChI is InChI=1S/C13H14Cl2N4S/c1-2-19-6-5-10(18-19)8-16-13(20)17-12-4-3-9(14)7-11(12)15/h3-7H,2,8H2,1H3,(H2,16,17,20). The molecule has 7 heteroatoms. The fraction of sp³-hybridized carbons (Fsp3) is 0.231. The first kappa shape index (κ1) is 15.1. The zero-order valence-corrected chi connectivity index (χ0v) is 13.2. The average Bonchev–Trinajstić information content (AvgIpc) is 2.88. The maximum Gasteiger partial charge on any atom is 0.171 e. The van der Waals surface area contributed by atoms with E-state index in [1.807, 2.05) is 23.9 Å². The Balaban J connectivity index is 1.89. The number of hydrogen-bond donors (Lipinski definition) is 2. The van der Waals surface area contributed by atoms with Crippen LogP contribution in [-0.2, 0) is 13.1 Å². The zero-order chi connectivity index (χ0) is 14.5. The molecule has 0 amide bonds. The summed E-state index contributed by atoms with van der Waals surface area (Å²) in [5, 5.41) is 12.1. The molecule has 2 aromatic rings. The second kappa shape index (κ2) is 6.92. The van der Waals surface area contributed by atoms with Gasteiger partial charge in [0.15, 0.2) is 5.11 Å². The summed E-state index contributed by atoms with van der Waals surface area (Å²) in [5.74, 6) is 0. The van der Waals surface area contributed by atoms with Crippen LogP contribution < -0.4 is 10.6 Å². The highest BCUT2D eigenvalue weighted by atomic mass is 35.5. The molecule has 0 spiro atoms. The van der Waals surface area contributed by atoms with E-state index < -0.39 is 0 Å². The van der Waals surface area contributed by atoms with E-state index >= 15 is 0 Å². The fourth-order valence-electron chi connectivity index (χ4n) is 1.60. The zero-order valence-electron chi connectivity index (χ0n) is 10.9. The maximum absolute atomic E-state index is 6.06. The summed E-state index contributed by atoms with van der Waals surface area (Å²) in [6.45, 7) is 3.45. The van der Waals surface area contributed by atoms with E-state index in [4.69, 9.17) is 35.4 Å². The Morgan fingerprint density at radius 1 is 1.35 bits per heavy atom. The predicted molar refractivity (Wildman–Crippen MR) is 87.4 cm³/mol. The molecule has 2 N–H and O–H groups in total. The summed E-state index contributed by atoms with van der Waals surface area (Å²) in [5.41, 5.74) is 1.64. The van der Waals surface area contributed by atoms with Crippen LogP contribution in [0.15, 0.2) is 30.5 Å². The van der Waals surface area contributed by atoms with Crippen LogP contribution in [0, 0.1) is 0 Å². The van der Waals surface area contributed by atoms with Gasteiger partial charge in [0.1, 0.15) is 0 Å². The lowest BCUT2D eigenvalue weighted by molar-refractivity contribution is 0.643. The van der Waals surface area contributed by atoms with E-state index in [-0.39, 0.29) is 0 Å². The lowest BCUT2D eigenvalue weighted by Crippen LogP contribution is -2.28. The number of nitrogens with zero attached hydrogens (tertiary/aromatic N) is 2. The van der Waals surface area contributed by atoms with Crippen LogP contribution in [0.2, 0.25) is 10.0 Å². The van der Waals surface area contributed by atoms with E-state index in [0.717, 1.165) is 12.2 Å². The number of aryl methyl sites for hydroxylation is 1. The van der Waals surface area contributed by atoms with Gasteiger partial charge < -0.3 is 10.6 Å². The van der Waals surface area contributed by atoms with Crippen LogP contribution in [0.25, 0.3) is 0 Å². The summed E-state index contributed by atoms with van der Waals surface area (Å²) in [6, 6.07) is 7.15. The summed E-state index contributed by atoms with van der Waals surface area (Å²) >= 11 is 17.1. The lowest BCUT2D eigenvalue weighted by atomic mass is 10.3. The van der Waals surface area contributed by atoms with Crippen LogP contribution in [0.1, 0.15) is 12.6 Å². The molecule has 20 heavy (non-hydrogen) atoms. The first-order valence-corrected chi connectivity index (χ1v) is 7.27. The molecule has 0 radical (unpaired) electrons. The van der Waals surface area contributed by atoms with Gasteiger partial charge in [-0.3, -0.25) is 4.68 Å². The van der Waals surface area contributed by atoms with Gasteiger partial charge in [-0.15, -0.1) is 0 Å². The van der Waals surface area contributed by atoms with Crippen LogP contribution in [0.4, 0.5) is 5.69 Å². The fourth-order valence-corrected chi connectivity index (χ4v) is 2.24. The number of hydrogen-bond acceptors (Lipinski definition) is 2. The summed E-state index contributed by atoms with van der Waals surface area (Å²) < 4.78 is 1.86. The highest BCUT2D eigenvalue weighted by Gasteiger charge is 2.04. The van der Waals surface area contributed by atoms with Gasteiger partial charge in [0.05, 0.1) is 22.9 Å². The van der Waals surface area contributed by atoms with Gasteiger partial charge in [-0.05, 0) is 43.4 Å². The number of aromatic nitrogens is 2. The van der Waals surface area contributed by atoms with E-state index in [0.29, 0.717) is 27.4 Å². The minimum absolute atomic E-state index is 0.486. The van der Waals surface area contributed by atoms with Crippen LogP contribution in [-0.4, -0.2) is 14.9 Å². The second-order valence-electron chi connectivity index (χ2n) is 4.09. The molecule has 0 saturated carbocycles. The first-order valence-electron chi connectivity index (χ1n) is 6.10. The topological polar surface area (TPSA) is 41.9 Å². The number of benzene rings is 1. The van der Waals surface area contributed by atoms with Gasteiger partial charge in [0, 0.05) is 17.8 Å². The SMILES string of the molecule is CCn1ccc(CNC(=S)Nc2ccc(Cl)cc2Cl)n1. The van der Waals surface area contributed by atoms with Crippen molar-refractivity contribution in [2.24, 2.45) is 0 Å². The number of halogens is 2. The molecule has 0 aliphatic heterocycles. The van der Waals surface area contributed by atoms with Crippen molar-refractivity contribution in [1.29, 1.82) is 0 Å². The van der Waals surface area contributed by atoms with Crippen molar-refractivity contribution in [1.82, 2.24) is 15.1 Å². The summed E-state index contributed by atoms with van der Waals surface area (Å²) in [7, 11) is 0. The Bertz CT molecular complexity index is 612. The molecule has 0 fully saturated rings. The van der Waals surface area contributed by atoms with Crippen LogP contribution in [0.5, 0.6) is 0 Å². The Kier molecular flexibility index (Phi) is 5.23. The Hall–Kier alpha value is -1.30. The lowest BCUT2D eigenvalue weighted by Gasteiger charge is -2.11. The smallest absolute Gasteiger partial charge is 0.171 e. The minimum Gasteiger partial charge on any atom is -0.357 e. The molecule has 1 aromatic carbocycles. The van der Waals surface area contributed by atoms with Gasteiger partial charge in [-0.1, -0.05) is 23.2 Å². The monoisotopic (exact) mass is 328 g/mol. The summed E-state index contributed by atoms with van der Waals surface area (Å²) in [4.78, 5) is 0. The normalized spacial score (nSPS) is 10.3. The van der Waals surface area contributed by atoms with Gasteiger partial charge in [-0.25, -0.2) is 0 Å². The molecule has 0 aliphatic rings. The van der Waals surface area contributed by atoms with Crippen molar-refractivity contribution >= 4 is 46.2 Å². The number of anilines is 1. The quantitative estimate of drug-likeness (QED) is 0.840. The molecular weight excluding hydrogens is 315 g/mol. The average molecular weight is 329 g/mol. The molecule has 0 saturated heterocycles. The van der Waals surface area contributed by atoms with Crippen molar-refractivity contribution in [3.8, 4) is 0 Å². The molecule has 2 rings (SSSR count). The third-order valence-corrected chi connectivity index (χ3v) is 3.42. The predicted octanol–water partition coefficient (Wildman–Crippen LogP) is 3.70. The largest absolute Gasteiger partial charge is 0.357 e. The van der Waals surface area contributed by atoms with Gasteiger partial charge in [0.2, 0.25) is 0 Å². The van der Waals surface area contributed by atoms with Crippen molar-refractivity contribution in [3.05, 3.63) is 46.2 Å². The minimum atomic E-state index is 0.486. The molecular formula is C13H14Cl2N4S. The van der Waals surface area contributed by atoms with E-state index in [2.05, 4.69) is 15.7 Å². The van der Waals surface area contributed by atoms with E-state index in [9.17, 15) is 0 Å². The number of rotatable bonds is 4. The summed E-state index contributed by atoms with van der Waals surface area (Å²) in [6.07, 6.45) is 1.93. The molecule has 0 unspecified atom stereocenters. The molecule has 1 heterocycles. The van der Waals surface area contributed by atoms with Gasteiger partial charge in [-0.2, -0.15) is 5.10 Å². The van der Waals surface area contributed by atoms with Crippen molar-refractivity contribution in [2.45, 2.75) is 20.0 Å². The van der Waals surface area contributed by atoms with Gasteiger partial charge in [0.25, 0.3) is 0 Å². The molecule has 4 nitrogen and oxygen atoms in total. The van der Waals surface area contributed by atoms with Crippen molar-refractivity contribution < 1.29 is 0 Å². The van der Waals surface area contributed by atoms with Crippen LogP contribution >= 0.6 is 35.4 Å². The maximum atomic E-state index is 6.06. The van der Waals surface area contributed by atoms with Crippen molar-refractivity contribution in [2.75, 3.05) is 5.32 Å². The second-order valence-corrected chi connectivity index (χ2v) is 5.35. The van der Waals surface area contributed by atoms with Crippen molar-refractivity contribution in [3.63, 3.8) is 0 Å². The van der Waals surface area contributed by atoms with Crippen LogP contribution in [0.3, 0.4) is 0 Å². The van der Waals surface area contributed by atoms with Gasteiger partial charge >= 0.3 is 0 Å². The molecule has 106 valence electrons. The Morgan fingerprint density at radius 3 is 2.80 bits per heavy atom. The highest BCUT2D eigenvalue weighted by molar-refractivity contribution is 7.80. The number of nitrogens with one attached hydrogen (secondary N) is 2. The van der Waals surface area contributed by atoms with E-state index in [1.54, 1.807) is 18.2 Å². The first-order chi connectivity index (χ1) is 9.58. The molecule has 1 aromatic heterocycles. The Labute approximate surface area is 133 Å². The van der Waals surface area contributed by atoms with E-state index in [1.165, 1.54) is 0 Å². The third-order valence-electron chi connectivity index (χ3n) is 2.63. The third kappa shape index (κ3) is 4.10. The molecule has 0 bridgehead atoms. The Morgan fingerprint density at radius 2 is 2.15 bits per heavy atom. The molecule has 0 aliphatic carbocycles. The molecule has 0 atom stereocenters.